The molecule has 2 amide bonds. The highest BCUT2D eigenvalue weighted by Crippen LogP contribution is 2.29. The summed E-state index contributed by atoms with van der Waals surface area (Å²) in [5.41, 5.74) is 4.07. The molecule has 0 aliphatic heterocycles. The molecule has 5 heteroatoms. The molecule has 3 N–H and O–H groups in total. The van der Waals surface area contributed by atoms with Crippen molar-refractivity contribution < 1.29 is 9.59 Å². The number of fused-ring (bicyclic) bond motifs is 2. The molecule has 1 atom stereocenters. The SMILES string of the molecule is O=C(CCNC(=O)c1c[nH]c2ccccc12)N[C@H]1CCCc2ccccc21. The number of para-hydroxylation sites is 1. The summed E-state index contributed by atoms with van der Waals surface area (Å²) < 4.78 is 0. The minimum Gasteiger partial charge on any atom is -0.360 e. The first-order valence-electron chi connectivity index (χ1n) is 9.44. The van der Waals surface area contributed by atoms with Crippen molar-refractivity contribution in [3.05, 3.63) is 71.4 Å². The van der Waals surface area contributed by atoms with Crippen LogP contribution in [0, 0.1) is 0 Å². The van der Waals surface area contributed by atoms with E-state index < -0.39 is 0 Å². The van der Waals surface area contributed by atoms with E-state index in [0.717, 1.165) is 30.2 Å². The number of carbonyl (C=O) groups is 2. The number of hydrogen-bond donors (Lipinski definition) is 3. The molecule has 4 rings (SSSR count). The van der Waals surface area contributed by atoms with Gasteiger partial charge in [0.05, 0.1) is 11.6 Å². The molecule has 5 nitrogen and oxygen atoms in total. The normalized spacial score (nSPS) is 15.9. The van der Waals surface area contributed by atoms with Gasteiger partial charge in [-0.05, 0) is 36.5 Å². The predicted octanol–water partition coefficient (Wildman–Crippen LogP) is 3.48. The molecular weight excluding hydrogens is 338 g/mol. The molecule has 0 saturated heterocycles. The number of nitrogens with one attached hydrogen (secondary N) is 3. The Kier molecular flexibility index (Phi) is 4.92. The smallest absolute Gasteiger partial charge is 0.253 e. The Morgan fingerprint density at radius 2 is 1.89 bits per heavy atom. The summed E-state index contributed by atoms with van der Waals surface area (Å²) in [5.74, 6) is -0.195. The molecule has 0 fully saturated rings. The molecule has 138 valence electrons. The number of H-pyrrole nitrogens is 1. The maximum atomic E-state index is 12.4. The van der Waals surface area contributed by atoms with Gasteiger partial charge in [0.15, 0.2) is 0 Å². The molecule has 1 heterocycles. The van der Waals surface area contributed by atoms with Crippen LogP contribution in [0.5, 0.6) is 0 Å². The third kappa shape index (κ3) is 3.72. The number of amides is 2. The van der Waals surface area contributed by atoms with Crippen LogP contribution in [0.25, 0.3) is 10.9 Å². The average molecular weight is 361 g/mol. The Balaban J connectivity index is 1.31. The quantitative estimate of drug-likeness (QED) is 0.651. The van der Waals surface area contributed by atoms with Gasteiger partial charge in [0.2, 0.25) is 5.91 Å². The fraction of sp³-hybridized carbons (Fsp3) is 0.273. The molecule has 27 heavy (non-hydrogen) atoms. The van der Waals surface area contributed by atoms with Gasteiger partial charge in [-0.1, -0.05) is 42.5 Å². The van der Waals surface area contributed by atoms with Crippen molar-refractivity contribution in [3.63, 3.8) is 0 Å². The van der Waals surface area contributed by atoms with E-state index in [1.54, 1.807) is 6.20 Å². The number of hydrogen-bond acceptors (Lipinski definition) is 2. The highest BCUT2D eigenvalue weighted by atomic mass is 16.2. The van der Waals surface area contributed by atoms with E-state index >= 15 is 0 Å². The molecule has 1 aliphatic rings. The van der Waals surface area contributed by atoms with Gasteiger partial charge in [0.1, 0.15) is 0 Å². The summed E-state index contributed by atoms with van der Waals surface area (Å²) in [5, 5.41) is 6.85. The third-order valence-corrected chi connectivity index (χ3v) is 5.18. The second kappa shape index (κ2) is 7.66. The lowest BCUT2D eigenvalue weighted by molar-refractivity contribution is -0.121. The van der Waals surface area contributed by atoms with Crippen LogP contribution in [0.4, 0.5) is 0 Å². The molecule has 1 aromatic heterocycles. The van der Waals surface area contributed by atoms with Crippen molar-refractivity contribution in [2.75, 3.05) is 6.54 Å². The van der Waals surface area contributed by atoms with Crippen molar-refractivity contribution in [2.45, 2.75) is 31.7 Å². The number of carbonyl (C=O) groups excluding carboxylic acids is 2. The number of aryl methyl sites for hydroxylation is 1. The highest BCUT2D eigenvalue weighted by Gasteiger charge is 2.21. The Hall–Kier alpha value is -3.08. The summed E-state index contributed by atoms with van der Waals surface area (Å²) in [6.45, 7) is 0.318. The van der Waals surface area contributed by atoms with Gasteiger partial charge in [-0.2, -0.15) is 0 Å². The van der Waals surface area contributed by atoms with Crippen LogP contribution >= 0.6 is 0 Å². The van der Waals surface area contributed by atoms with Crippen molar-refractivity contribution in [1.29, 1.82) is 0 Å². The third-order valence-electron chi connectivity index (χ3n) is 5.18. The lowest BCUT2D eigenvalue weighted by Crippen LogP contribution is -2.34. The first kappa shape index (κ1) is 17.3. The zero-order valence-corrected chi connectivity index (χ0v) is 15.1. The molecule has 0 bridgehead atoms. The van der Waals surface area contributed by atoms with Gasteiger partial charge >= 0.3 is 0 Å². The predicted molar refractivity (Wildman–Crippen MR) is 106 cm³/mol. The van der Waals surface area contributed by atoms with Gasteiger partial charge in [-0.3, -0.25) is 9.59 Å². The number of benzene rings is 2. The summed E-state index contributed by atoms with van der Waals surface area (Å²) in [6.07, 6.45) is 5.10. The number of aromatic amines is 1. The standard InChI is InChI=1S/C22H23N3O2/c26-21(25-20-11-5-7-15-6-1-2-8-16(15)20)12-13-23-22(27)18-14-24-19-10-4-3-9-17(18)19/h1-4,6,8-10,14,20,24H,5,7,11-13H2,(H,23,27)(H,25,26)/t20-/m0/s1. The van der Waals surface area contributed by atoms with E-state index in [4.69, 9.17) is 0 Å². The fourth-order valence-electron chi connectivity index (χ4n) is 3.81. The zero-order valence-electron chi connectivity index (χ0n) is 15.1. The van der Waals surface area contributed by atoms with Crippen LogP contribution in [0.15, 0.2) is 54.7 Å². The van der Waals surface area contributed by atoms with Crippen LogP contribution in [0.2, 0.25) is 0 Å². The average Bonchev–Trinajstić information content (AvgIpc) is 3.12. The number of aromatic nitrogens is 1. The van der Waals surface area contributed by atoms with Gasteiger partial charge in [-0.15, -0.1) is 0 Å². The fourth-order valence-corrected chi connectivity index (χ4v) is 3.81. The monoisotopic (exact) mass is 361 g/mol. The lowest BCUT2D eigenvalue weighted by Gasteiger charge is -2.26. The second-order valence-corrected chi connectivity index (χ2v) is 6.96. The zero-order chi connectivity index (χ0) is 18.6. The Morgan fingerprint density at radius 3 is 2.81 bits per heavy atom. The highest BCUT2D eigenvalue weighted by molar-refractivity contribution is 6.06. The van der Waals surface area contributed by atoms with Crippen molar-refractivity contribution in [1.82, 2.24) is 15.6 Å². The molecule has 1 aliphatic carbocycles. The van der Waals surface area contributed by atoms with E-state index in [1.165, 1.54) is 11.1 Å². The van der Waals surface area contributed by atoms with Crippen LogP contribution in [0.3, 0.4) is 0 Å². The van der Waals surface area contributed by atoms with E-state index in [2.05, 4.69) is 27.8 Å². The minimum absolute atomic E-state index is 0.0315. The first-order chi connectivity index (χ1) is 13.2. The van der Waals surface area contributed by atoms with Crippen molar-refractivity contribution in [3.8, 4) is 0 Å². The Morgan fingerprint density at radius 1 is 1.07 bits per heavy atom. The number of rotatable bonds is 5. The topological polar surface area (TPSA) is 74.0 Å². The van der Waals surface area contributed by atoms with Gasteiger partial charge in [-0.25, -0.2) is 0 Å². The van der Waals surface area contributed by atoms with Crippen LogP contribution < -0.4 is 10.6 Å². The van der Waals surface area contributed by atoms with Crippen LogP contribution in [-0.2, 0) is 11.2 Å². The summed E-state index contributed by atoms with van der Waals surface area (Å²) in [6, 6.07) is 16.0. The maximum Gasteiger partial charge on any atom is 0.253 e. The molecule has 0 radical (unpaired) electrons. The van der Waals surface area contributed by atoms with E-state index in [9.17, 15) is 9.59 Å². The summed E-state index contributed by atoms with van der Waals surface area (Å²) in [7, 11) is 0. The first-order valence-corrected chi connectivity index (χ1v) is 9.44. The molecule has 0 spiro atoms. The Bertz CT molecular complexity index is 976. The molecule has 3 aromatic rings. The van der Waals surface area contributed by atoms with Gasteiger partial charge < -0.3 is 15.6 Å². The summed E-state index contributed by atoms with van der Waals surface area (Å²) in [4.78, 5) is 27.8. The summed E-state index contributed by atoms with van der Waals surface area (Å²) >= 11 is 0. The lowest BCUT2D eigenvalue weighted by atomic mass is 9.88. The van der Waals surface area contributed by atoms with Crippen molar-refractivity contribution in [2.24, 2.45) is 0 Å². The second-order valence-electron chi connectivity index (χ2n) is 6.96. The van der Waals surface area contributed by atoms with Gasteiger partial charge in [0, 0.05) is 30.1 Å². The molecule has 0 saturated carbocycles. The molecular formula is C22H23N3O2. The Labute approximate surface area is 158 Å². The van der Waals surface area contributed by atoms with Gasteiger partial charge in [0.25, 0.3) is 5.91 Å². The van der Waals surface area contributed by atoms with E-state index in [1.807, 2.05) is 36.4 Å². The minimum atomic E-state index is -0.164. The van der Waals surface area contributed by atoms with E-state index in [0.29, 0.717) is 12.1 Å². The van der Waals surface area contributed by atoms with Crippen LogP contribution in [-0.4, -0.2) is 23.3 Å². The maximum absolute atomic E-state index is 12.4. The van der Waals surface area contributed by atoms with Crippen molar-refractivity contribution >= 4 is 22.7 Å². The van der Waals surface area contributed by atoms with E-state index in [-0.39, 0.29) is 24.3 Å². The largest absolute Gasteiger partial charge is 0.360 e. The molecule has 2 aromatic carbocycles. The van der Waals surface area contributed by atoms with Crippen LogP contribution in [0.1, 0.15) is 46.8 Å². The molecule has 0 unspecified atom stereocenters.